The number of benzene rings is 1. The van der Waals surface area contributed by atoms with Gasteiger partial charge in [-0.05, 0) is 31.4 Å². The molecule has 3 atom stereocenters. The van der Waals surface area contributed by atoms with Crippen LogP contribution in [0.5, 0.6) is 11.6 Å². The third-order valence-electron chi connectivity index (χ3n) is 6.19. The Morgan fingerprint density at radius 2 is 2.03 bits per heavy atom. The highest BCUT2D eigenvalue weighted by Gasteiger charge is 2.31. The molecule has 2 aliphatic heterocycles. The zero-order chi connectivity index (χ0) is 24.9. The number of hydrogen-bond acceptors (Lipinski definition) is 8. The molecule has 4 heterocycles. The summed E-state index contributed by atoms with van der Waals surface area (Å²) in [6.07, 6.45) is 11.2. The van der Waals surface area contributed by atoms with Gasteiger partial charge in [0.15, 0.2) is 11.9 Å². The topological polar surface area (TPSA) is 90.2 Å². The molecule has 2 aliphatic rings. The Bertz CT molecular complexity index is 1170. The Balaban J connectivity index is 0.00000141. The molecule has 1 fully saturated rings. The van der Waals surface area contributed by atoms with E-state index in [1.54, 1.807) is 19.4 Å². The van der Waals surface area contributed by atoms with Crippen LogP contribution in [0.1, 0.15) is 31.7 Å². The lowest BCUT2D eigenvalue weighted by Gasteiger charge is -2.22. The van der Waals surface area contributed by atoms with Crippen molar-refractivity contribution in [3.8, 4) is 24.5 Å². The highest BCUT2D eigenvalue weighted by atomic mass is 35.5. The molecule has 3 aromatic rings. The fraction of sp³-hybridized carbons (Fsp3) is 0.417. The van der Waals surface area contributed by atoms with Gasteiger partial charge in [-0.1, -0.05) is 11.6 Å². The molecule has 3 unspecified atom stereocenters. The van der Waals surface area contributed by atoms with Crippen LogP contribution in [0, 0.1) is 24.6 Å². The maximum Gasteiger partial charge on any atom is 0.242 e. The Hall–Kier alpha value is -3.58. The summed E-state index contributed by atoms with van der Waals surface area (Å²) in [4.78, 5) is 6.95. The van der Waals surface area contributed by atoms with Crippen molar-refractivity contribution in [1.29, 1.82) is 0 Å². The molecular weight excluding hydrogens is 473 g/mol. The second kappa shape index (κ2) is 10.8. The standard InChI is InChI=1S/C22H25ClFN7O2.C2H2/c1-13(14-3-5-30(12-14)17-10-20(32-2)28-25-11-17)26-22-27-21-19(4-6-31(21)29-22)33-18-8-15(23)7-16(24)9-18;1-2/h7-11,13-14,19H,3-6,12H2,1-2H3,(H,26,29);1-2H. The molecule has 0 aliphatic carbocycles. The molecule has 35 heavy (non-hydrogen) atoms. The largest absolute Gasteiger partial charge is 0.482 e. The summed E-state index contributed by atoms with van der Waals surface area (Å²) in [5.41, 5.74) is 1.01. The van der Waals surface area contributed by atoms with E-state index in [-0.39, 0.29) is 12.1 Å². The van der Waals surface area contributed by atoms with Gasteiger partial charge in [0.25, 0.3) is 0 Å². The molecule has 0 spiro atoms. The van der Waals surface area contributed by atoms with E-state index in [0.717, 1.165) is 37.4 Å². The zero-order valence-electron chi connectivity index (χ0n) is 19.6. The molecule has 0 amide bonds. The van der Waals surface area contributed by atoms with Crippen molar-refractivity contribution in [2.24, 2.45) is 5.92 Å². The number of rotatable bonds is 7. The lowest BCUT2D eigenvalue weighted by Crippen LogP contribution is -2.29. The maximum atomic E-state index is 13.6. The summed E-state index contributed by atoms with van der Waals surface area (Å²) in [6, 6.07) is 6.26. The number of aromatic nitrogens is 5. The SMILES string of the molecule is C#C.COc1cc(N2CCC(C(C)Nc3nc4n(n3)CCC4Oc3cc(F)cc(Cl)c3)C2)cnn1. The van der Waals surface area contributed by atoms with Crippen LogP contribution >= 0.6 is 11.6 Å². The normalized spacial score (nSPS) is 19.4. The van der Waals surface area contributed by atoms with E-state index >= 15 is 0 Å². The van der Waals surface area contributed by atoms with E-state index < -0.39 is 5.82 Å². The summed E-state index contributed by atoms with van der Waals surface area (Å²) in [6.45, 7) is 4.67. The Kier molecular flexibility index (Phi) is 7.56. The van der Waals surface area contributed by atoms with Gasteiger partial charge in [-0.3, -0.25) is 0 Å². The van der Waals surface area contributed by atoms with Gasteiger partial charge in [-0.15, -0.1) is 23.0 Å². The van der Waals surface area contributed by atoms with Gasteiger partial charge in [0.1, 0.15) is 11.6 Å². The predicted molar refractivity (Wildman–Crippen MR) is 131 cm³/mol. The minimum atomic E-state index is -0.431. The van der Waals surface area contributed by atoms with E-state index in [9.17, 15) is 4.39 Å². The maximum absolute atomic E-state index is 13.6. The van der Waals surface area contributed by atoms with Crippen LogP contribution < -0.4 is 19.7 Å². The molecular formula is C24H27ClFN7O2. The first-order valence-electron chi connectivity index (χ1n) is 11.3. The average Bonchev–Trinajstić information content (AvgIpc) is 3.57. The van der Waals surface area contributed by atoms with Crippen molar-refractivity contribution < 1.29 is 13.9 Å². The van der Waals surface area contributed by atoms with Crippen molar-refractivity contribution in [2.45, 2.75) is 38.5 Å². The van der Waals surface area contributed by atoms with Gasteiger partial charge in [0.05, 0.1) is 19.0 Å². The predicted octanol–water partition coefficient (Wildman–Crippen LogP) is 3.97. The van der Waals surface area contributed by atoms with Crippen LogP contribution in [0.25, 0.3) is 0 Å². The van der Waals surface area contributed by atoms with E-state index in [1.807, 2.05) is 10.7 Å². The summed E-state index contributed by atoms with van der Waals surface area (Å²) < 4.78 is 26.6. The quantitative estimate of drug-likeness (QED) is 0.488. The number of hydrogen-bond donors (Lipinski definition) is 1. The fourth-order valence-corrected chi connectivity index (χ4v) is 4.63. The van der Waals surface area contributed by atoms with E-state index in [0.29, 0.717) is 35.1 Å². The second-order valence-electron chi connectivity index (χ2n) is 8.40. The number of anilines is 2. The monoisotopic (exact) mass is 499 g/mol. The number of nitrogens with zero attached hydrogens (tertiary/aromatic N) is 6. The molecule has 0 radical (unpaired) electrons. The van der Waals surface area contributed by atoms with Gasteiger partial charge >= 0.3 is 0 Å². The average molecular weight is 500 g/mol. The molecule has 5 rings (SSSR count). The number of methoxy groups -OCH3 is 1. The first kappa shape index (κ1) is 24.5. The second-order valence-corrected chi connectivity index (χ2v) is 8.84. The van der Waals surface area contributed by atoms with Crippen molar-refractivity contribution in [1.82, 2.24) is 25.0 Å². The highest BCUT2D eigenvalue weighted by molar-refractivity contribution is 6.30. The summed E-state index contributed by atoms with van der Waals surface area (Å²) in [5, 5.41) is 16.3. The molecule has 2 aromatic heterocycles. The smallest absolute Gasteiger partial charge is 0.242 e. The Morgan fingerprint density at radius 3 is 2.80 bits per heavy atom. The van der Waals surface area contributed by atoms with Gasteiger partial charge in [0.2, 0.25) is 11.8 Å². The first-order chi connectivity index (χ1) is 17.0. The molecule has 1 saturated heterocycles. The van der Waals surface area contributed by atoms with Crippen molar-refractivity contribution in [2.75, 3.05) is 30.4 Å². The minimum Gasteiger partial charge on any atom is -0.482 e. The van der Waals surface area contributed by atoms with Gasteiger partial charge in [-0.2, -0.15) is 10.1 Å². The number of aryl methyl sites for hydroxylation is 1. The molecule has 1 aromatic carbocycles. The zero-order valence-corrected chi connectivity index (χ0v) is 20.3. The lowest BCUT2D eigenvalue weighted by atomic mass is 10.0. The molecule has 9 nitrogen and oxygen atoms in total. The van der Waals surface area contributed by atoms with E-state index in [2.05, 4.69) is 50.3 Å². The Labute approximate surface area is 208 Å². The molecule has 0 saturated carbocycles. The fourth-order valence-electron chi connectivity index (χ4n) is 4.42. The number of fused-ring (bicyclic) bond motifs is 1. The number of ether oxygens (including phenoxy) is 2. The summed E-state index contributed by atoms with van der Waals surface area (Å²) in [5.74, 6) is 2.19. The van der Waals surface area contributed by atoms with E-state index in [4.69, 9.17) is 21.1 Å². The third kappa shape index (κ3) is 5.57. The van der Waals surface area contributed by atoms with Gasteiger partial charge in [-0.25, -0.2) is 9.07 Å². The molecule has 184 valence electrons. The van der Waals surface area contributed by atoms with Crippen molar-refractivity contribution in [3.63, 3.8) is 0 Å². The van der Waals surface area contributed by atoms with Crippen LogP contribution in [0.3, 0.4) is 0 Å². The van der Waals surface area contributed by atoms with Crippen LogP contribution in [0.2, 0.25) is 5.02 Å². The van der Waals surface area contributed by atoms with Gasteiger partial charge in [0, 0.05) is 49.3 Å². The number of nitrogens with one attached hydrogen (secondary N) is 1. The third-order valence-corrected chi connectivity index (χ3v) is 6.40. The number of terminal acetylenes is 1. The van der Waals surface area contributed by atoms with E-state index in [1.165, 1.54) is 12.1 Å². The number of halogens is 2. The first-order valence-corrected chi connectivity index (χ1v) is 11.7. The highest BCUT2D eigenvalue weighted by Crippen LogP contribution is 2.32. The summed E-state index contributed by atoms with van der Waals surface area (Å²) in [7, 11) is 1.59. The van der Waals surface area contributed by atoms with Crippen LogP contribution in [-0.4, -0.2) is 51.2 Å². The Morgan fingerprint density at radius 1 is 1.20 bits per heavy atom. The molecule has 1 N–H and O–H groups in total. The lowest BCUT2D eigenvalue weighted by molar-refractivity contribution is 0.202. The van der Waals surface area contributed by atoms with Gasteiger partial charge < -0.3 is 19.7 Å². The van der Waals surface area contributed by atoms with Crippen molar-refractivity contribution >= 4 is 23.2 Å². The summed E-state index contributed by atoms with van der Waals surface area (Å²) >= 11 is 5.94. The molecule has 11 heteroatoms. The molecule has 0 bridgehead atoms. The van der Waals surface area contributed by atoms with Crippen LogP contribution in [0.4, 0.5) is 16.0 Å². The van der Waals surface area contributed by atoms with Crippen molar-refractivity contribution in [3.05, 3.63) is 47.1 Å². The van der Waals surface area contributed by atoms with Crippen LogP contribution in [0.15, 0.2) is 30.5 Å². The minimum absolute atomic E-state index is 0.177. The van der Waals surface area contributed by atoms with Crippen LogP contribution in [-0.2, 0) is 6.54 Å².